The van der Waals surface area contributed by atoms with Crippen molar-refractivity contribution < 1.29 is 4.52 Å². The van der Waals surface area contributed by atoms with Crippen molar-refractivity contribution in [2.75, 3.05) is 5.73 Å². The molecule has 1 aromatic carbocycles. The van der Waals surface area contributed by atoms with Crippen molar-refractivity contribution in [1.82, 2.24) is 5.16 Å². The number of aromatic nitrogens is 1. The van der Waals surface area contributed by atoms with Gasteiger partial charge in [-0.05, 0) is 47.7 Å². The van der Waals surface area contributed by atoms with Crippen LogP contribution >= 0.6 is 38.5 Å². The molecule has 2 aromatic rings. The van der Waals surface area contributed by atoms with Crippen LogP contribution < -0.4 is 5.73 Å². The molecule has 5 heteroatoms. The fourth-order valence-corrected chi connectivity index (χ4v) is 2.23. The number of nitrogens with two attached hydrogens (primary N) is 1. The van der Waals surface area contributed by atoms with Gasteiger partial charge in [0.2, 0.25) is 5.88 Å². The number of hydrogen-bond donors (Lipinski definition) is 1. The molecule has 0 aliphatic heterocycles. The summed E-state index contributed by atoms with van der Waals surface area (Å²) >= 11 is 5.70. The van der Waals surface area contributed by atoms with Gasteiger partial charge in [0.1, 0.15) is 5.69 Å². The summed E-state index contributed by atoms with van der Waals surface area (Å²) in [4.78, 5) is 0. The van der Waals surface area contributed by atoms with Crippen molar-refractivity contribution in [3.63, 3.8) is 0 Å². The first-order chi connectivity index (χ1) is 7.09. The molecule has 3 nitrogen and oxygen atoms in total. The van der Waals surface area contributed by atoms with Crippen LogP contribution in [0.1, 0.15) is 5.56 Å². The zero-order valence-corrected chi connectivity index (χ0v) is 11.7. The summed E-state index contributed by atoms with van der Waals surface area (Å²) in [7, 11) is 0. The first-order valence-electron chi connectivity index (χ1n) is 4.26. The molecule has 1 heterocycles. The lowest BCUT2D eigenvalue weighted by Gasteiger charge is -2.02. The smallest absolute Gasteiger partial charge is 0.225 e. The molecule has 0 amide bonds. The number of benzene rings is 1. The Morgan fingerprint density at radius 3 is 2.80 bits per heavy atom. The van der Waals surface area contributed by atoms with Crippen LogP contribution in [0.15, 0.2) is 27.2 Å². The highest BCUT2D eigenvalue weighted by Crippen LogP contribution is 2.31. The highest BCUT2D eigenvalue weighted by molar-refractivity contribution is 14.1. The lowest BCUT2D eigenvalue weighted by Crippen LogP contribution is -1.87. The average Bonchev–Trinajstić information content (AvgIpc) is 2.52. The molecular formula is C10H8BrIN2O. The quantitative estimate of drug-likeness (QED) is 0.771. The second-order valence-electron chi connectivity index (χ2n) is 3.14. The van der Waals surface area contributed by atoms with E-state index in [2.05, 4.69) is 43.7 Å². The molecule has 0 aliphatic rings. The summed E-state index contributed by atoms with van der Waals surface area (Å²) in [6, 6.07) is 6.01. The van der Waals surface area contributed by atoms with Crippen LogP contribution in [0.3, 0.4) is 0 Å². The van der Waals surface area contributed by atoms with E-state index in [9.17, 15) is 0 Å². The molecular weight excluding hydrogens is 371 g/mol. The van der Waals surface area contributed by atoms with Crippen LogP contribution in [0.25, 0.3) is 11.3 Å². The van der Waals surface area contributed by atoms with Crippen molar-refractivity contribution >= 4 is 44.4 Å². The molecule has 0 bridgehead atoms. The molecule has 0 atom stereocenters. The first-order valence-corrected chi connectivity index (χ1v) is 6.14. The minimum Gasteiger partial charge on any atom is -0.367 e. The van der Waals surface area contributed by atoms with E-state index in [0.29, 0.717) is 5.88 Å². The van der Waals surface area contributed by atoms with E-state index in [0.717, 1.165) is 24.9 Å². The van der Waals surface area contributed by atoms with Gasteiger partial charge in [-0.25, -0.2) is 0 Å². The molecule has 0 saturated carbocycles. The van der Waals surface area contributed by atoms with E-state index >= 15 is 0 Å². The lowest BCUT2D eigenvalue weighted by atomic mass is 10.1. The van der Waals surface area contributed by atoms with Crippen molar-refractivity contribution in [3.05, 3.63) is 31.8 Å². The highest BCUT2D eigenvalue weighted by atomic mass is 127. The fraction of sp³-hybridized carbons (Fsp3) is 0.100. The first kappa shape index (κ1) is 10.9. The van der Waals surface area contributed by atoms with Gasteiger partial charge in [-0.3, -0.25) is 0 Å². The van der Waals surface area contributed by atoms with Crippen molar-refractivity contribution in [2.45, 2.75) is 6.92 Å². The molecule has 0 fully saturated rings. The zero-order valence-electron chi connectivity index (χ0n) is 7.92. The van der Waals surface area contributed by atoms with Gasteiger partial charge in [0.15, 0.2) is 0 Å². The topological polar surface area (TPSA) is 52.0 Å². The number of halogens is 2. The maximum absolute atomic E-state index is 5.62. The molecule has 15 heavy (non-hydrogen) atoms. The third-order valence-electron chi connectivity index (χ3n) is 2.14. The molecule has 0 saturated heterocycles. The second-order valence-corrected chi connectivity index (χ2v) is 5.22. The Bertz CT molecular complexity index is 510. The van der Waals surface area contributed by atoms with Crippen molar-refractivity contribution in [1.29, 1.82) is 0 Å². The van der Waals surface area contributed by atoms with Gasteiger partial charge < -0.3 is 10.3 Å². The second kappa shape index (κ2) is 4.13. The Morgan fingerprint density at radius 1 is 1.47 bits per heavy atom. The van der Waals surface area contributed by atoms with Crippen LogP contribution in [0.2, 0.25) is 0 Å². The van der Waals surface area contributed by atoms with E-state index in [-0.39, 0.29) is 0 Å². The summed E-state index contributed by atoms with van der Waals surface area (Å²) in [6.07, 6.45) is 0. The van der Waals surface area contributed by atoms with Crippen LogP contribution in [0, 0.1) is 10.5 Å². The Morgan fingerprint density at radius 2 is 2.20 bits per heavy atom. The Kier molecular flexibility index (Phi) is 3.01. The molecule has 0 aliphatic carbocycles. The Labute approximate surface area is 109 Å². The average molecular weight is 379 g/mol. The SMILES string of the molecule is Cc1c(-c2cc(Br)ccc2I)noc1N. The van der Waals surface area contributed by atoms with Crippen LogP contribution in [-0.4, -0.2) is 5.16 Å². The maximum atomic E-state index is 5.62. The van der Waals surface area contributed by atoms with Crippen molar-refractivity contribution in [3.8, 4) is 11.3 Å². The standard InChI is InChI=1S/C10H8BrIN2O/c1-5-9(14-15-10(5)13)7-4-6(11)2-3-8(7)12/h2-4H,13H2,1H3. The van der Waals surface area contributed by atoms with Gasteiger partial charge in [-0.15, -0.1) is 0 Å². The Hall–Kier alpha value is -0.560. The minimum atomic E-state index is 0.376. The van der Waals surface area contributed by atoms with E-state index in [1.54, 1.807) is 0 Å². The normalized spacial score (nSPS) is 10.6. The summed E-state index contributed by atoms with van der Waals surface area (Å²) in [5.74, 6) is 0.376. The van der Waals surface area contributed by atoms with Crippen LogP contribution in [0.4, 0.5) is 5.88 Å². The van der Waals surface area contributed by atoms with E-state index in [1.807, 2.05) is 25.1 Å². The lowest BCUT2D eigenvalue weighted by molar-refractivity contribution is 0.439. The van der Waals surface area contributed by atoms with E-state index in [4.69, 9.17) is 10.3 Å². The zero-order chi connectivity index (χ0) is 11.0. The third-order valence-corrected chi connectivity index (χ3v) is 3.58. The molecule has 78 valence electrons. The van der Waals surface area contributed by atoms with E-state index < -0.39 is 0 Å². The Balaban J connectivity index is 2.63. The van der Waals surface area contributed by atoms with Gasteiger partial charge in [0.25, 0.3) is 0 Å². The summed E-state index contributed by atoms with van der Waals surface area (Å²) in [5, 5.41) is 3.96. The van der Waals surface area contributed by atoms with Crippen molar-refractivity contribution in [2.24, 2.45) is 0 Å². The number of hydrogen-bond acceptors (Lipinski definition) is 3. The third kappa shape index (κ3) is 2.03. The van der Waals surface area contributed by atoms with Gasteiger partial charge >= 0.3 is 0 Å². The highest BCUT2D eigenvalue weighted by Gasteiger charge is 2.13. The van der Waals surface area contributed by atoms with Crippen LogP contribution in [0.5, 0.6) is 0 Å². The predicted octanol–water partition coefficient (Wildman–Crippen LogP) is 3.60. The van der Waals surface area contributed by atoms with E-state index in [1.165, 1.54) is 0 Å². The van der Waals surface area contributed by atoms with Gasteiger partial charge in [0, 0.05) is 19.2 Å². The number of rotatable bonds is 1. The number of anilines is 1. The molecule has 1 aromatic heterocycles. The number of nitrogens with zero attached hydrogens (tertiary/aromatic N) is 1. The van der Waals surface area contributed by atoms with Gasteiger partial charge in [0.05, 0.1) is 0 Å². The molecule has 2 rings (SSSR count). The fourth-order valence-electron chi connectivity index (χ4n) is 1.28. The summed E-state index contributed by atoms with van der Waals surface area (Å²) in [5.41, 5.74) is 8.34. The molecule has 0 spiro atoms. The summed E-state index contributed by atoms with van der Waals surface area (Å²) in [6.45, 7) is 1.90. The van der Waals surface area contributed by atoms with Gasteiger partial charge in [-0.2, -0.15) is 0 Å². The minimum absolute atomic E-state index is 0.376. The summed E-state index contributed by atoms with van der Waals surface area (Å²) < 4.78 is 7.08. The molecule has 0 unspecified atom stereocenters. The number of nitrogen functional groups attached to an aromatic ring is 1. The van der Waals surface area contributed by atoms with Crippen LogP contribution in [-0.2, 0) is 0 Å². The molecule has 2 N–H and O–H groups in total. The predicted molar refractivity (Wildman–Crippen MR) is 71.5 cm³/mol. The maximum Gasteiger partial charge on any atom is 0.225 e. The monoisotopic (exact) mass is 378 g/mol. The van der Waals surface area contributed by atoms with Gasteiger partial charge in [-0.1, -0.05) is 21.1 Å². The molecule has 0 radical (unpaired) electrons. The largest absolute Gasteiger partial charge is 0.367 e.